The number of halogens is 4. The summed E-state index contributed by atoms with van der Waals surface area (Å²) < 4.78 is 45.8. The topological polar surface area (TPSA) is 77.1 Å². The normalized spacial score (nSPS) is 11.7. The standard InChI is InChI=1S/C15H9F3IN3O3/c1-22-6-9(13(19)21-22)14(24)20-7-2-3-8-10(15(16,17)18)5-12(23)25-11(8)4-7/h2-6H,1H3,(H,20,24). The molecular formula is C15H9F3IN3O3. The molecule has 0 aliphatic rings. The number of rotatable bonds is 2. The molecule has 3 aromatic rings. The van der Waals surface area contributed by atoms with Crippen LogP contribution in [0.15, 0.2) is 39.7 Å². The van der Waals surface area contributed by atoms with Crippen molar-refractivity contribution in [3.63, 3.8) is 0 Å². The van der Waals surface area contributed by atoms with E-state index >= 15 is 0 Å². The van der Waals surface area contributed by atoms with E-state index in [9.17, 15) is 22.8 Å². The van der Waals surface area contributed by atoms with Crippen LogP contribution < -0.4 is 10.9 Å². The molecule has 0 aliphatic carbocycles. The first kappa shape index (κ1) is 17.5. The molecule has 0 atom stereocenters. The number of anilines is 1. The van der Waals surface area contributed by atoms with Crippen LogP contribution in [0.5, 0.6) is 0 Å². The summed E-state index contributed by atoms with van der Waals surface area (Å²) in [7, 11) is 1.66. The molecule has 1 aromatic carbocycles. The summed E-state index contributed by atoms with van der Waals surface area (Å²) in [6.07, 6.45) is -3.18. The van der Waals surface area contributed by atoms with Crippen LogP contribution in [0.25, 0.3) is 11.0 Å². The van der Waals surface area contributed by atoms with Gasteiger partial charge in [-0.25, -0.2) is 4.79 Å². The smallest absolute Gasteiger partial charge is 0.417 e. The number of amides is 1. The van der Waals surface area contributed by atoms with Gasteiger partial charge in [-0.1, -0.05) is 0 Å². The lowest BCUT2D eigenvalue weighted by molar-refractivity contribution is -0.136. The van der Waals surface area contributed by atoms with Gasteiger partial charge >= 0.3 is 11.8 Å². The Balaban J connectivity index is 2.01. The van der Waals surface area contributed by atoms with Crippen molar-refractivity contribution in [3.8, 4) is 0 Å². The molecule has 0 radical (unpaired) electrons. The number of hydrogen-bond acceptors (Lipinski definition) is 4. The van der Waals surface area contributed by atoms with E-state index in [1.165, 1.54) is 23.0 Å². The number of carbonyl (C=O) groups excluding carboxylic acids is 1. The Kier molecular flexibility index (Phi) is 4.31. The van der Waals surface area contributed by atoms with Gasteiger partial charge in [0.2, 0.25) is 0 Å². The zero-order valence-corrected chi connectivity index (χ0v) is 14.7. The van der Waals surface area contributed by atoms with E-state index < -0.39 is 23.3 Å². The van der Waals surface area contributed by atoms with Gasteiger partial charge in [-0.15, -0.1) is 0 Å². The molecule has 0 spiro atoms. The van der Waals surface area contributed by atoms with Crippen molar-refractivity contribution in [2.75, 3.05) is 5.32 Å². The maximum absolute atomic E-state index is 13.0. The lowest BCUT2D eigenvalue weighted by Crippen LogP contribution is -2.13. The van der Waals surface area contributed by atoms with Crippen LogP contribution in [0.4, 0.5) is 18.9 Å². The summed E-state index contributed by atoms with van der Waals surface area (Å²) in [4.78, 5) is 23.6. The Hall–Kier alpha value is -2.37. The lowest BCUT2D eigenvalue weighted by atomic mass is 10.1. The molecule has 10 heteroatoms. The van der Waals surface area contributed by atoms with E-state index in [0.29, 0.717) is 15.3 Å². The van der Waals surface area contributed by atoms with Crippen LogP contribution in [0, 0.1) is 3.70 Å². The highest BCUT2D eigenvalue weighted by Crippen LogP contribution is 2.34. The first-order valence-corrected chi connectivity index (χ1v) is 7.88. The van der Waals surface area contributed by atoms with Gasteiger partial charge in [0.15, 0.2) is 0 Å². The average molecular weight is 463 g/mol. The first-order chi connectivity index (χ1) is 11.6. The number of carbonyl (C=O) groups is 1. The quantitative estimate of drug-likeness (QED) is 0.467. The number of aryl methyl sites for hydroxylation is 1. The van der Waals surface area contributed by atoms with Crippen molar-refractivity contribution in [3.05, 3.63) is 55.7 Å². The second-order valence-electron chi connectivity index (χ2n) is 5.15. The summed E-state index contributed by atoms with van der Waals surface area (Å²) in [6, 6.07) is 4.02. The second-order valence-corrected chi connectivity index (χ2v) is 6.17. The largest absolute Gasteiger partial charge is 0.423 e. The molecule has 3 rings (SSSR count). The number of alkyl halides is 3. The molecule has 1 amide bonds. The minimum Gasteiger partial charge on any atom is -0.423 e. The van der Waals surface area contributed by atoms with Gasteiger partial charge in [-0.2, -0.15) is 18.3 Å². The van der Waals surface area contributed by atoms with Gasteiger partial charge in [0.1, 0.15) is 9.28 Å². The molecule has 0 bridgehead atoms. The summed E-state index contributed by atoms with van der Waals surface area (Å²) in [6.45, 7) is 0. The number of hydrogen-bond donors (Lipinski definition) is 1. The molecule has 2 heterocycles. The van der Waals surface area contributed by atoms with E-state index in [0.717, 1.165) is 6.07 Å². The van der Waals surface area contributed by atoms with Crippen molar-refractivity contribution in [2.24, 2.45) is 7.05 Å². The Morgan fingerprint density at radius 1 is 1.32 bits per heavy atom. The van der Waals surface area contributed by atoms with Gasteiger partial charge in [0.05, 0.1) is 11.1 Å². The SMILES string of the molecule is Cn1cc(C(=O)Nc2ccc3c(C(F)(F)F)cc(=O)oc3c2)c(I)n1. The van der Waals surface area contributed by atoms with E-state index in [1.54, 1.807) is 7.05 Å². The van der Waals surface area contributed by atoms with E-state index in [-0.39, 0.29) is 16.7 Å². The van der Waals surface area contributed by atoms with E-state index in [4.69, 9.17) is 4.42 Å². The van der Waals surface area contributed by atoms with Gasteiger partial charge in [0.25, 0.3) is 5.91 Å². The highest BCUT2D eigenvalue weighted by Gasteiger charge is 2.33. The number of benzene rings is 1. The monoisotopic (exact) mass is 463 g/mol. The third kappa shape index (κ3) is 3.52. The predicted molar refractivity (Wildman–Crippen MR) is 91.4 cm³/mol. The predicted octanol–water partition coefficient (Wildman–Crippen LogP) is 3.40. The van der Waals surface area contributed by atoms with Crippen molar-refractivity contribution in [1.29, 1.82) is 0 Å². The second kappa shape index (κ2) is 6.17. The van der Waals surface area contributed by atoms with Crippen molar-refractivity contribution in [1.82, 2.24) is 9.78 Å². The molecule has 25 heavy (non-hydrogen) atoms. The molecule has 130 valence electrons. The van der Waals surface area contributed by atoms with Gasteiger partial charge < -0.3 is 9.73 Å². The average Bonchev–Trinajstić information content (AvgIpc) is 2.84. The van der Waals surface area contributed by atoms with Crippen LogP contribution in [-0.4, -0.2) is 15.7 Å². The molecule has 2 aromatic heterocycles. The fourth-order valence-electron chi connectivity index (χ4n) is 2.29. The van der Waals surface area contributed by atoms with Gasteiger partial charge in [0, 0.05) is 36.5 Å². The summed E-state index contributed by atoms with van der Waals surface area (Å²) in [5, 5.41) is 6.31. The number of nitrogens with zero attached hydrogens (tertiary/aromatic N) is 2. The minimum atomic E-state index is -4.69. The molecule has 0 unspecified atom stereocenters. The van der Waals surface area contributed by atoms with Gasteiger partial charge in [-0.3, -0.25) is 9.48 Å². The molecule has 6 nitrogen and oxygen atoms in total. The number of fused-ring (bicyclic) bond motifs is 1. The fourth-order valence-corrected chi connectivity index (χ4v) is 3.01. The zero-order chi connectivity index (χ0) is 18.4. The van der Waals surface area contributed by atoms with Crippen LogP contribution in [-0.2, 0) is 13.2 Å². The van der Waals surface area contributed by atoms with Crippen molar-refractivity contribution >= 4 is 45.2 Å². The van der Waals surface area contributed by atoms with E-state index in [1.807, 2.05) is 22.6 Å². The third-order valence-electron chi connectivity index (χ3n) is 3.34. The molecular weight excluding hydrogens is 454 g/mol. The van der Waals surface area contributed by atoms with Crippen LogP contribution >= 0.6 is 22.6 Å². The number of aromatic nitrogens is 2. The van der Waals surface area contributed by atoms with Gasteiger partial charge in [-0.05, 0) is 34.7 Å². The number of nitrogens with one attached hydrogen (secondary N) is 1. The fraction of sp³-hybridized carbons (Fsp3) is 0.133. The summed E-state index contributed by atoms with van der Waals surface area (Å²) in [5.41, 5.74) is -1.96. The van der Waals surface area contributed by atoms with Crippen LogP contribution in [0.3, 0.4) is 0 Å². The molecule has 0 fully saturated rings. The maximum atomic E-state index is 13.0. The van der Waals surface area contributed by atoms with Crippen LogP contribution in [0.1, 0.15) is 15.9 Å². The van der Waals surface area contributed by atoms with E-state index in [2.05, 4.69) is 10.4 Å². The summed E-state index contributed by atoms with van der Waals surface area (Å²) >= 11 is 1.89. The van der Waals surface area contributed by atoms with Crippen molar-refractivity contribution < 1.29 is 22.4 Å². The Bertz CT molecular complexity index is 1040. The van der Waals surface area contributed by atoms with Crippen molar-refractivity contribution in [2.45, 2.75) is 6.18 Å². The molecule has 0 saturated carbocycles. The molecule has 1 N–H and O–H groups in total. The highest BCUT2D eigenvalue weighted by molar-refractivity contribution is 14.1. The first-order valence-electron chi connectivity index (χ1n) is 6.81. The highest BCUT2D eigenvalue weighted by atomic mass is 127. The molecule has 0 saturated heterocycles. The Morgan fingerprint density at radius 2 is 2.04 bits per heavy atom. The zero-order valence-electron chi connectivity index (χ0n) is 12.5. The summed E-state index contributed by atoms with van der Waals surface area (Å²) in [5.74, 6) is -0.480. The Morgan fingerprint density at radius 3 is 2.64 bits per heavy atom. The van der Waals surface area contributed by atoms with Crippen LogP contribution in [0.2, 0.25) is 0 Å². The lowest BCUT2D eigenvalue weighted by Gasteiger charge is -2.10. The minimum absolute atomic E-state index is 0.194. The Labute approximate surface area is 151 Å². The molecule has 0 aliphatic heterocycles. The third-order valence-corrected chi connectivity index (χ3v) is 4.13. The maximum Gasteiger partial charge on any atom is 0.417 e.